The molecule has 1 aliphatic rings. The van der Waals surface area contributed by atoms with Crippen LogP contribution in [0.15, 0.2) is 4.99 Å². The highest BCUT2D eigenvalue weighted by atomic mass is 127. The standard InChI is InChI=1S/C15H28N6O4.HI/c1-15(2,3)25-14(24)19-7-5-6-17-12(16-4)18-8-9-21-11(22)10-20-13(21)23;/h5-10H2,1-4H3,(H,19,24)(H,20,23)(H2,16,17,18);1H. The summed E-state index contributed by atoms with van der Waals surface area (Å²) >= 11 is 0. The largest absolute Gasteiger partial charge is 0.444 e. The highest BCUT2D eigenvalue weighted by Crippen LogP contribution is 2.06. The van der Waals surface area contributed by atoms with Crippen molar-refractivity contribution in [2.24, 2.45) is 4.99 Å². The van der Waals surface area contributed by atoms with Crippen molar-refractivity contribution in [1.82, 2.24) is 26.2 Å². The molecule has 0 aromatic rings. The summed E-state index contributed by atoms with van der Waals surface area (Å²) < 4.78 is 5.13. The molecule has 0 unspecified atom stereocenters. The van der Waals surface area contributed by atoms with E-state index in [0.717, 1.165) is 4.90 Å². The van der Waals surface area contributed by atoms with Gasteiger partial charge in [-0.15, -0.1) is 24.0 Å². The molecule has 0 aromatic carbocycles. The lowest BCUT2D eigenvalue weighted by atomic mass is 10.2. The maximum atomic E-state index is 11.5. The Morgan fingerprint density at radius 1 is 1.19 bits per heavy atom. The maximum Gasteiger partial charge on any atom is 0.407 e. The summed E-state index contributed by atoms with van der Waals surface area (Å²) in [6, 6.07) is -0.372. The van der Waals surface area contributed by atoms with Gasteiger partial charge in [-0.2, -0.15) is 0 Å². The molecule has 0 saturated carbocycles. The van der Waals surface area contributed by atoms with Crippen LogP contribution in [-0.2, 0) is 9.53 Å². The van der Waals surface area contributed by atoms with Crippen LogP contribution in [0.1, 0.15) is 27.2 Å². The number of hydrogen-bond acceptors (Lipinski definition) is 5. The van der Waals surface area contributed by atoms with E-state index in [4.69, 9.17) is 4.74 Å². The normalized spacial score (nSPS) is 14.5. The third-order valence-electron chi connectivity index (χ3n) is 3.10. The Morgan fingerprint density at radius 3 is 2.35 bits per heavy atom. The molecular formula is C15H29IN6O4. The first kappa shape index (κ1) is 24.2. The molecule has 0 atom stereocenters. The summed E-state index contributed by atoms with van der Waals surface area (Å²) in [7, 11) is 1.63. The van der Waals surface area contributed by atoms with Gasteiger partial charge < -0.3 is 26.0 Å². The molecule has 0 spiro atoms. The molecule has 1 rings (SSSR count). The van der Waals surface area contributed by atoms with Crippen LogP contribution < -0.4 is 21.3 Å². The average molecular weight is 484 g/mol. The quantitative estimate of drug-likeness (QED) is 0.135. The lowest BCUT2D eigenvalue weighted by molar-refractivity contribution is -0.124. The van der Waals surface area contributed by atoms with Gasteiger partial charge in [0.2, 0.25) is 5.91 Å². The van der Waals surface area contributed by atoms with E-state index < -0.39 is 11.7 Å². The smallest absolute Gasteiger partial charge is 0.407 e. The molecule has 150 valence electrons. The van der Waals surface area contributed by atoms with E-state index in [1.807, 2.05) is 20.8 Å². The monoisotopic (exact) mass is 484 g/mol. The predicted molar refractivity (Wildman–Crippen MR) is 109 cm³/mol. The maximum absolute atomic E-state index is 11.5. The topological polar surface area (TPSA) is 124 Å². The first-order valence-electron chi connectivity index (χ1n) is 8.22. The Labute approximate surface area is 170 Å². The average Bonchev–Trinajstić information content (AvgIpc) is 2.82. The number of carbonyl (C=O) groups is 3. The molecule has 4 N–H and O–H groups in total. The number of imide groups is 1. The van der Waals surface area contributed by atoms with Crippen molar-refractivity contribution in [1.29, 1.82) is 0 Å². The zero-order valence-corrected chi connectivity index (χ0v) is 18.0. The van der Waals surface area contributed by atoms with Crippen LogP contribution in [0.4, 0.5) is 9.59 Å². The molecule has 11 heteroatoms. The number of nitrogens with one attached hydrogen (secondary N) is 4. The van der Waals surface area contributed by atoms with E-state index in [-0.39, 0.29) is 49.0 Å². The fraction of sp³-hybridized carbons (Fsp3) is 0.733. The highest BCUT2D eigenvalue weighted by Gasteiger charge is 2.27. The van der Waals surface area contributed by atoms with Gasteiger partial charge in [0.25, 0.3) is 0 Å². The fourth-order valence-corrected chi connectivity index (χ4v) is 1.99. The summed E-state index contributed by atoms with van der Waals surface area (Å²) in [4.78, 5) is 39.5. The number of guanidine groups is 1. The van der Waals surface area contributed by atoms with Crippen LogP contribution in [0.3, 0.4) is 0 Å². The van der Waals surface area contributed by atoms with E-state index in [2.05, 4.69) is 26.3 Å². The Kier molecular flexibility index (Phi) is 10.9. The molecule has 0 radical (unpaired) electrons. The molecule has 1 aliphatic heterocycles. The van der Waals surface area contributed by atoms with Crippen molar-refractivity contribution < 1.29 is 19.1 Å². The van der Waals surface area contributed by atoms with Gasteiger partial charge >= 0.3 is 12.1 Å². The Bertz CT molecular complexity index is 505. The van der Waals surface area contributed by atoms with E-state index in [9.17, 15) is 14.4 Å². The minimum absolute atomic E-state index is 0. The molecule has 10 nitrogen and oxygen atoms in total. The van der Waals surface area contributed by atoms with Gasteiger partial charge in [0.1, 0.15) is 5.60 Å². The van der Waals surface area contributed by atoms with Gasteiger partial charge in [0, 0.05) is 33.2 Å². The number of urea groups is 1. The van der Waals surface area contributed by atoms with Crippen LogP contribution in [0, 0.1) is 0 Å². The number of hydrogen-bond donors (Lipinski definition) is 4. The summed E-state index contributed by atoms with van der Waals surface area (Å²) in [5.74, 6) is 0.326. The third-order valence-corrected chi connectivity index (χ3v) is 3.10. The minimum atomic E-state index is -0.512. The number of ether oxygens (including phenoxy) is 1. The zero-order valence-electron chi connectivity index (χ0n) is 15.7. The molecule has 4 amide bonds. The Morgan fingerprint density at radius 2 is 1.81 bits per heavy atom. The second-order valence-corrected chi connectivity index (χ2v) is 6.41. The Balaban J connectivity index is 0.00000625. The van der Waals surface area contributed by atoms with Gasteiger partial charge in [-0.3, -0.25) is 14.7 Å². The van der Waals surface area contributed by atoms with Crippen molar-refractivity contribution in [3.63, 3.8) is 0 Å². The first-order valence-corrected chi connectivity index (χ1v) is 8.22. The second kappa shape index (κ2) is 11.8. The van der Waals surface area contributed by atoms with Crippen LogP contribution >= 0.6 is 24.0 Å². The summed E-state index contributed by atoms with van der Waals surface area (Å²) in [6.07, 6.45) is 0.246. The van der Waals surface area contributed by atoms with E-state index in [0.29, 0.717) is 32.0 Å². The highest BCUT2D eigenvalue weighted by molar-refractivity contribution is 14.0. The third kappa shape index (κ3) is 9.63. The Hall–Kier alpha value is -1.79. The number of aliphatic imine (C=N–C) groups is 1. The van der Waals surface area contributed by atoms with Gasteiger partial charge in [0.15, 0.2) is 5.96 Å². The fourth-order valence-electron chi connectivity index (χ4n) is 1.99. The van der Waals surface area contributed by atoms with Crippen LogP contribution in [0.25, 0.3) is 0 Å². The van der Waals surface area contributed by atoms with Crippen LogP contribution in [0.2, 0.25) is 0 Å². The van der Waals surface area contributed by atoms with E-state index in [1.165, 1.54) is 0 Å². The lowest BCUT2D eigenvalue weighted by Gasteiger charge is -2.19. The van der Waals surface area contributed by atoms with Crippen molar-refractivity contribution in [3.8, 4) is 0 Å². The first-order chi connectivity index (χ1) is 11.7. The number of amides is 4. The van der Waals surface area contributed by atoms with E-state index in [1.54, 1.807) is 7.05 Å². The van der Waals surface area contributed by atoms with Crippen LogP contribution in [-0.4, -0.2) is 74.3 Å². The molecule has 26 heavy (non-hydrogen) atoms. The zero-order chi connectivity index (χ0) is 18.9. The van der Waals surface area contributed by atoms with Crippen molar-refractivity contribution in [3.05, 3.63) is 0 Å². The number of nitrogens with zero attached hydrogens (tertiary/aromatic N) is 2. The predicted octanol–water partition coefficient (Wildman–Crippen LogP) is 0.236. The molecule has 1 saturated heterocycles. The molecule has 1 heterocycles. The van der Waals surface area contributed by atoms with Gasteiger partial charge in [0.05, 0.1) is 6.54 Å². The van der Waals surface area contributed by atoms with Gasteiger partial charge in [-0.05, 0) is 27.2 Å². The van der Waals surface area contributed by atoms with Gasteiger partial charge in [-0.1, -0.05) is 0 Å². The number of halogens is 1. The van der Waals surface area contributed by atoms with Crippen LogP contribution in [0.5, 0.6) is 0 Å². The molecule has 1 fully saturated rings. The summed E-state index contributed by atoms with van der Waals surface area (Å²) in [6.45, 7) is 7.21. The summed E-state index contributed by atoms with van der Waals surface area (Å²) in [5, 5.41) is 11.2. The van der Waals surface area contributed by atoms with E-state index >= 15 is 0 Å². The molecule has 0 aliphatic carbocycles. The molecular weight excluding hydrogens is 455 g/mol. The SMILES string of the molecule is CN=C(NCCCNC(=O)OC(C)(C)C)NCCN1C(=O)CNC1=O.I. The minimum Gasteiger partial charge on any atom is -0.444 e. The van der Waals surface area contributed by atoms with Crippen molar-refractivity contribution in [2.75, 3.05) is 39.8 Å². The number of alkyl carbamates (subject to hydrolysis) is 1. The van der Waals surface area contributed by atoms with Crippen molar-refractivity contribution in [2.45, 2.75) is 32.8 Å². The van der Waals surface area contributed by atoms with Crippen molar-refractivity contribution >= 4 is 48.0 Å². The number of rotatable bonds is 7. The molecule has 0 aromatic heterocycles. The molecule has 0 bridgehead atoms. The number of carbonyl (C=O) groups excluding carboxylic acids is 3. The lowest BCUT2D eigenvalue weighted by Crippen LogP contribution is -2.43. The summed E-state index contributed by atoms with van der Waals surface area (Å²) in [5.41, 5.74) is -0.512. The van der Waals surface area contributed by atoms with Gasteiger partial charge in [-0.25, -0.2) is 9.59 Å². The second-order valence-electron chi connectivity index (χ2n) is 6.41.